The predicted octanol–water partition coefficient (Wildman–Crippen LogP) is 1.54. The fourth-order valence-corrected chi connectivity index (χ4v) is 1.21. The molecule has 0 aromatic heterocycles. The molecule has 40 valence electrons. The van der Waals surface area contributed by atoms with E-state index in [4.69, 9.17) is 0 Å². The fourth-order valence-electron chi connectivity index (χ4n) is 0.242. The second-order valence-corrected chi connectivity index (χ2v) is 3.10. The summed E-state index contributed by atoms with van der Waals surface area (Å²) in [6.45, 7) is 0. The van der Waals surface area contributed by atoms with Crippen LogP contribution in [0.2, 0.25) is 0 Å². The van der Waals surface area contributed by atoms with Gasteiger partial charge in [0.2, 0.25) is 5.50 Å². The smallest absolute Gasteiger partial charge is 0.204 e. The molecule has 0 aliphatic carbocycles. The summed E-state index contributed by atoms with van der Waals surface area (Å²) in [5, 5.41) is 3.53. The predicted molar refractivity (Wildman–Crippen MR) is 31.7 cm³/mol. The molecule has 0 aromatic rings. The molecule has 7 heavy (non-hydrogen) atoms. The Morgan fingerprint density at radius 3 is 2.86 bits per heavy atom. The van der Waals surface area contributed by atoms with E-state index in [1.807, 2.05) is 0 Å². The fraction of sp³-hybridized carbons (Fsp3) is 0.500. The van der Waals surface area contributed by atoms with Crippen LogP contribution in [0.25, 0.3) is 0 Å². The first-order valence-electron chi connectivity index (χ1n) is 1.60. The Bertz CT molecular complexity index is 87.7. The van der Waals surface area contributed by atoms with Gasteiger partial charge in [-0.05, 0) is 0 Å². The van der Waals surface area contributed by atoms with E-state index < -0.39 is 5.50 Å². The zero-order valence-corrected chi connectivity index (χ0v) is 5.62. The summed E-state index contributed by atoms with van der Waals surface area (Å²) in [5.74, 6) is 0. The number of hydrogen-bond donors (Lipinski definition) is 0. The normalized spacial score (nSPS) is 29.4. The zero-order valence-electron chi connectivity index (χ0n) is 3.21. The molecule has 0 bridgehead atoms. The van der Waals surface area contributed by atoms with E-state index in [1.54, 1.807) is 0 Å². The van der Waals surface area contributed by atoms with Crippen molar-refractivity contribution < 1.29 is 4.39 Å². The Morgan fingerprint density at radius 1 is 2.00 bits per heavy atom. The third-order valence-corrected chi connectivity index (χ3v) is 1.74. The summed E-state index contributed by atoms with van der Waals surface area (Å²) in [6.07, 6.45) is 1.22. The number of hydrazone groups is 1. The van der Waals surface area contributed by atoms with Gasteiger partial charge in [-0.15, -0.1) is 0 Å². The molecule has 0 spiro atoms. The Hall–Kier alpha value is 0.230. The molecule has 0 fully saturated rings. The van der Waals surface area contributed by atoms with Crippen LogP contribution in [0, 0.1) is 0 Å². The molecule has 1 heterocycles. The Kier molecular flexibility index (Phi) is 1.53. The lowest BCUT2D eigenvalue weighted by Crippen LogP contribution is -1.87. The van der Waals surface area contributed by atoms with Crippen molar-refractivity contribution in [3.8, 4) is 0 Å². The van der Waals surface area contributed by atoms with Gasteiger partial charge in [0.25, 0.3) is 0 Å². The Morgan fingerprint density at radius 2 is 2.71 bits per heavy atom. The van der Waals surface area contributed by atoms with Gasteiger partial charge in [-0.2, -0.15) is 8.54 Å². The van der Waals surface area contributed by atoms with E-state index in [9.17, 15) is 4.39 Å². The van der Waals surface area contributed by atoms with Crippen LogP contribution in [-0.4, -0.2) is 15.2 Å². The van der Waals surface area contributed by atoms with E-state index in [0.29, 0.717) is 0 Å². The third-order valence-electron chi connectivity index (χ3n) is 0.462. The van der Waals surface area contributed by atoms with Crippen LogP contribution >= 0.6 is 28.1 Å². The minimum Gasteiger partial charge on any atom is -0.227 e. The first-order valence-corrected chi connectivity index (χ1v) is 3.14. The molecule has 0 aromatic carbocycles. The summed E-state index contributed by atoms with van der Waals surface area (Å²) in [5.41, 5.74) is -0.973. The lowest BCUT2D eigenvalue weighted by Gasteiger charge is -1.96. The molecule has 0 N–H and O–H groups in total. The van der Waals surface area contributed by atoms with Gasteiger partial charge < -0.3 is 0 Å². The van der Waals surface area contributed by atoms with Gasteiger partial charge in [0.05, 0.1) is 22.4 Å². The summed E-state index contributed by atoms with van der Waals surface area (Å²) < 4.78 is 13.2. The quantitative estimate of drug-likeness (QED) is 0.420. The molecule has 0 saturated heterocycles. The first kappa shape index (κ1) is 5.37. The van der Waals surface area contributed by atoms with Crippen molar-refractivity contribution in [2.75, 3.05) is 0 Å². The molecule has 2 nitrogen and oxygen atoms in total. The van der Waals surface area contributed by atoms with E-state index >= 15 is 0 Å². The second kappa shape index (κ2) is 2.00. The molecule has 0 radical (unpaired) electrons. The zero-order chi connectivity index (χ0) is 5.28. The van der Waals surface area contributed by atoms with Crippen molar-refractivity contribution in [2.24, 2.45) is 5.10 Å². The highest BCUT2D eigenvalue weighted by Crippen LogP contribution is 2.26. The van der Waals surface area contributed by atoms with Crippen molar-refractivity contribution in [1.82, 2.24) is 3.44 Å². The van der Waals surface area contributed by atoms with E-state index in [2.05, 4.69) is 21.2 Å². The first-order chi connectivity index (χ1) is 3.29. The molecule has 1 atom stereocenters. The highest BCUT2D eigenvalue weighted by atomic mass is 79.9. The van der Waals surface area contributed by atoms with Gasteiger partial charge in [-0.1, -0.05) is 0 Å². The van der Waals surface area contributed by atoms with Crippen molar-refractivity contribution in [3.63, 3.8) is 0 Å². The van der Waals surface area contributed by atoms with Crippen LogP contribution in [0.3, 0.4) is 0 Å². The van der Waals surface area contributed by atoms with Crippen LogP contribution < -0.4 is 0 Å². The second-order valence-electron chi connectivity index (χ2n) is 0.947. The number of alkyl halides is 1. The van der Waals surface area contributed by atoms with Crippen LogP contribution in [-0.2, 0) is 0 Å². The number of hydrogen-bond acceptors (Lipinski definition) is 3. The van der Waals surface area contributed by atoms with Crippen molar-refractivity contribution >= 4 is 34.3 Å². The van der Waals surface area contributed by atoms with Crippen LogP contribution in [0.5, 0.6) is 0 Å². The molecule has 1 unspecified atom stereocenters. The minimum absolute atomic E-state index is 0.973. The van der Waals surface area contributed by atoms with E-state index in [-0.39, 0.29) is 0 Å². The number of halogens is 2. The largest absolute Gasteiger partial charge is 0.227 e. The average molecular weight is 185 g/mol. The molecular formula is C2H2BrFN2S. The average Bonchev–Trinajstić information content (AvgIpc) is 1.87. The summed E-state index contributed by atoms with van der Waals surface area (Å²) >= 11 is 3.92. The molecular weight excluding hydrogens is 183 g/mol. The SMILES string of the molecule is FC1C=NN(Br)S1. The molecule has 5 heteroatoms. The van der Waals surface area contributed by atoms with E-state index in [1.165, 1.54) is 9.65 Å². The monoisotopic (exact) mass is 184 g/mol. The summed E-state index contributed by atoms with van der Waals surface area (Å²) in [6, 6.07) is 0. The highest BCUT2D eigenvalue weighted by Gasteiger charge is 2.13. The van der Waals surface area contributed by atoms with E-state index in [0.717, 1.165) is 11.9 Å². The van der Waals surface area contributed by atoms with Crippen LogP contribution in [0.15, 0.2) is 5.10 Å². The molecule has 1 rings (SSSR count). The molecule has 0 amide bonds. The molecule has 0 saturated carbocycles. The number of rotatable bonds is 0. The van der Waals surface area contributed by atoms with Crippen molar-refractivity contribution in [3.05, 3.63) is 0 Å². The Balaban J connectivity index is 2.42. The number of nitrogens with zero attached hydrogens (tertiary/aromatic N) is 2. The van der Waals surface area contributed by atoms with Crippen molar-refractivity contribution in [1.29, 1.82) is 0 Å². The topological polar surface area (TPSA) is 15.6 Å². The maximum absolute atomic E-state index is 11.9. The van der Waals surface area contributed by atoms with Crippen molar-refractivity contribution in [2.45, 2.75) is 5.50 Å². The Labute approximate surface area is 53.2 Å². The highest BCUT2D eigenvalue weighted by molar-refractivity contribution is 9.09. The standard InChI is InChI=1S/C2H2BrFN2S/c3-6-5-1-2(4)7-6/h1-2H. The van der Waals surface area contributed by atoms with Gasteiger partial charge >= 0.3 is 0 Å². The van der Waals surface area contributed by atoms with Gasteiger partial charge in [0.1, 0.15) is 0 Å². The van der Waals surface area contributed by atoms with Gasteiger partial charge in [0, 0.05) is 11.9 Å². The summed E-state index contributed by atoms with van der Waals surface area (Å²) in [4.78, 5) is 0. The molecule has 1 aliphatic heterocycles. The third kappa shape index (κ3) is 1.31. The lowest BCUT2D eigenvalue weighted by molar-refractivity contribution is 0.551. The molecule has 1 aliphatic rings. The van der Waals surface area contributed by atoms with Gasteiger partial charge in [-0.25, -0.2) is 4.39 Å². The minimum atomic E-state index is -0.973. The van der Waals surface area contributed by atoms with Gasteiger partial charge in [-0.3, -0.25) is 0 Å². The maximum Gasteiger partial charge on any atom is 0.204 e. The summed E-state index contributed by atoms with van der Waals surface area (Å²) in [7, 11) is 0. The maximum atomic E-state index is 11.9. The lowest BCUT2D eigenvalue weighted by atomic mass is 10.8. The van der Waals surface area contributed by atoms with Crippen LogP contribution in [0.4, 0.5) is 4.39 Å². The van der Waals surface area contributed by atoms with Crippen LogP contribution in [0.1, 0.15) is 0 Å². The van der Waals surface area contributed by atoms with Gasteiger partial charge in [0.15, 0.2) is 0 Å².